The molecule has 0 heterocycles. The lowest BCUT2D eigenvalue weighted by Crippen LogP contribution is -2.26. The van der Waals surface area contributed by atoms with Crippen molar-refractivity contribution in [3.05, 3.63) is 71.3 Å². The molecule has 0 aliphatic rings. The maximum atomic E-state index is 6.05. The summed E-state index contributed by atoms with van der Waals surface area (Å²) in [5.41, 5.74) is 3.84. The Morgan fingerprint density at radius 3 is 2.29 bits per heavy atom. The first-order chi connectivity index (χ1) is 10.3. The second-order valence-corrected chi connectivity index (χ2v) is 5.15. The van der Waals surface area contributed by atoms with Gasteiger partial charge < -0.3 is 10.1 Å². The molecule has 2 atom stereocenters. The van der Waals surface area contributed by atoms with Crippen molar-refractivity contribution in [2.75, 3.05) is 13.7 Å². The van der Waals surface area contributed by atoms with Crippen LogP contribution in [0.3, 0.4) is 0 Å². The van der Waals surface area contributed by atoms with Gasteiger partial charge in [0.25, 0.3) is 0 Å². The molecule has 21 heavy (non-hydrogen) atoms. The Kier molecular flexibility index (Phi) is 5.97. The average Bonchev–Trinajstić information content (AvgIpc) is 2.56. The third-order valence-electron chi connectivity index (χ3n) is 3.81. The lowest BCUT2D eigenvalue weighted by atomic mass is 9.94. The van der Waals surface area contributed by atoms with Gasteiger partial charge in [-0.3, -0.25) is 0 Å². The van der Waals surface area contributed by atoms with Gasteiger partial charge in [0.1, 0.15) is 6.10 Å². The number of hydrogen-bond donors (Lipinski definition) is 1. The van der Waals surface area contributed by atoms with E-state index < -0.39 is 0 Å². The zero-order valence-electron chi connectivity index (χ0n) is 13.2. The topological polar surface area (TPSA) is 21.3 Å². The van der Waals surface area contributed by atoms with E-state index in [0.29, 0.717) is 6.61 Å². The summed E-state index contributed by atoms with van der Waals surface area (Å²) in [4.78, 5) is 0. The molecular weight excluding hydrogens is 258 g/mol. The Morgan fingerprint density at radius 2 is 1.67 bits per heavy atom. The van der Waals surface area contributed by atoms with Gasteiger partial charge in [-0.2, -0.15) is 0 Å². The van der Waals surface area contributed by atoms with Crippen molar-refractivity contribution in [3.8, 4) is 0 Å². The molecule has 0 aliphatic carbocycles. The molecule has 2 nitrogen and oxygen atoms in total. The summed E-state index contributed by atoms with van der Waals surface area (Å²) >= 11 is 0. The highest BCUT2D eigenvalue weighted by Crippen LogP contribution is 2.32. The van der Waals surface area contributed by atoms with E-state index in [0.717, 1.165) is 6.42 Å². The van der Waals surface area contributed by atoms with E-state index in [1.165, 1.54) is 16.7 Å². The minimum atomic E-state index is 0.0216. The third kappa shape index (κ3) is 3.93. The van der Waals surface area contributed by atoms with Gasteiger partial charge >= 0.3 is 0 Å². The molecule has 0 saturated heterocycles. The molecule has 0 radical (unpaired) electrons. The molecule has 2 rings (SSSR count). The monoisotopic (exact) mass is 283 g/mol. The smallest absolute Gasteiger partial charge is 0.102 e. The van der Waals surface area contributed by atoms with Gasteiger partial charge in [0.15, 0.2) is 0 Å². The summed E-state index contributed by atoms with van der Waals surface area (Å²) in [6, 6.07) is 19.3. The predicted molar refractivity (Wildman–Crippen MR) is 88.4 cm³/mol. The molecule has 112 valence electrons. The SMILES string of the molecule is CCOC(c1ccccc1)C(NC)c1cccc(CC)c1. The summed E-state index contributed by atoms with van der Waals surface area (Å²) in [7, 11) is 2.00. The minimum absolute atomic E-state index is 0.0216. The van der Waals surface area contributed by atoms with Crippen molar-refractivity contribution in [1.82, 2.24) is 5.32 Å². The van der Waals surface area contributed by atoms with Crippen LogP contribution in [0.5, 0.6) is 0 Å². The fourth-order valence-corrected chi connectivity index (χ4v) is 2.71. The van der Waals surface area contributed by atoms with E-state index in [4.69, 9.17) is 4.74 Å². The molecule has 2 unspecified atom stereocenters. The molecule has 0 amide bonds. The molecule has 0 spiro atoms. The summed E-state index contributed by atoms with van der Waals surface area (Å²) in [6.07, 6.45) is 1.07. The molecule has 2 aromatic carbocycles. The highest BCUT2D eigenvalue weighted by molar-refractivity contribution is 5.30. The molecule has 0 fully saturated rings. The second-order valence-electron chi connectivity index (χ2n) is 5.15. The van der Waals surface area contributed by atoms with Crippen molar-refractivity contribution in [2.45, 2.75) is 32.4 Å². The van der Waals surface area contributed by atoms with E-state index in [9.17, 15) is 0 Å². The first-order valence-electron chi connectivity index (χ1n) is 7.72. The van der Waals surface area contributed by atoms with Gasteiger partial charge in [0.05, 0.1) is 6.04 Å². The van der Waals surface area contributed by atoms with Crippen molar-refractivity contribution in [3.63, 3.8) is 0 Å². The maximum absolute atomic E-state index is 6.05. The Labute approximate surface area is 128 Å². The van der Waals surface area contributed by atoms with Gasteiger partial charge in [-0.15, -0.1) is 0 Å². The Balaban J connectivity index is 2.35. The molecule has 1 N–H and O–H groups in total. The molecule has 0 saturated carbocycles. The normalized spacial score (nSPS) is 13.9. The number of hydrogen-bond acceptors (Lipinski definition) is 2. The minimum Gasteiger partial charge on any atom is -0.372 e. The predicted octanol–water partition coefficient (Wildman–Crippen LogP) is 4.29. The zero-order chi connectivity index (χ0) is 15.1. The Hall–Kier alpha value is -1.64. The van der Waals surface area contributed by atoms with Gasteiger partial charge in [-0.1, -0.05) is 61.5 Å². The van der Waals surface area contributed by atoms with E-state index in [1.54, 1.807) is 0 Å². The van der Waals surface area contributed by atoms with Crippen LogP contribution in [0, 0.1) is 0 Å². The lowest BCUT2D eigenvalue weighted by Gasteiger charge is -2.28. The first-order valence-corrected chi connectivity index (χ1v) is 7.72. The number of ether oxygens (including phenoxy) is 1. The summed E-state index contributed by atoms with van der Waals surface area (Å²) in [5.74, 6) is 0. The highest BCUT2D eigenvalue weighted by atomic mass is 16.5. The zero-order valence-corrected chi connectivity index (χ0v) is 13.2. The molecular formula is C19H25NO. The van der Waals surface area contributed by atoms with E-state index in [-0.39, 0.29) is 12.1 Å². The fourth-order valence-electron chi connectivity index (χ4n) is 2.71. The molecule has 2 aromatic rings. The second kappa shape index (κ2) is 7.96. The van der Waals surface area contributed by atoms with Gasteiger partial charge in [0, 0.05) is 6.61 Å². The number of aryl methyl sites for hydroxylation is 1. The number of likely N-dealkylation sites (N-methyl/N-ethyl adjacent to an activating group) is 1. The van der Waals surface area contributed by atoms with Crippen LogP contribution in [-0.2, 0) is 11.2 Å². The summed E-state index contributed by atoms with van der Waals surface area (Å²) < 4.78 is 6.05. The Bertz CT molecular complexity index is 538. The number of benzene rings is 2. The van der Waals surface area contributed by atoms with Gasteiger partial charge in [0.2, 0.25) is 0 Å². The van der Waals surface area contributed by atoms with Crippen molar-refractivity contribution >= 4 is 0 Å². The molecule has 0 aromatic heterocycles. The third-order valence-corrected chi connectivity index (χ3v) is 3.81. The van der Waals surface area contributed by atoms with Gasteiger partial charge in [-0.05, 0) is 37.1 Å². The van der Waals surface area contributed by atoms with Crippen LogP contribution in [0.1, 0.15) is 42.7 Å². The average molecular weight is 283 g/mol. The maximum Gasteiger partial charge on any atom is 0.102 e. The van der Waals surface area contributed by atoms with E-state index in [1.807, 2.05) is 20.0 Å². The van der Waals surface area contributed by atoms with Crippen LogP contribution in [-0.4, -0.2) is 13.7 Å². The van der Waals surface area contributed by atoms with Crippen LogP contribution in [0.4, 0.5) is 0 Å². The fraction of sp³-hybridized carbons (Fsp3) is 0.368. The molecule has 2 heteroatoms. The van der Waals surface area contributed by atoms with Crippen molar-refractivity contribution < 1.29 is 4.74 Å². The van der Waals surface area contributed by atoms with Gasteiger partial charge in [-0.25, -0.2) is 0 Å². The lowest BCUT2D eigenvalue weighted by molar-refractivity contribution is 0.0347. The first kappa shape index (κ1) is 15.7. The van der Waals surface area contributed by atoms with Crippen LogP contribution in [0.15, 0.2) is 54.6 Å². The Morgan fingerprint density at radius 1 is 0.952 bits per heavy atom. The van der Waals surface area contributed by atoms with Crippen LogP contribution in [0.2, 0.25) is 0 Å². The van der Waals surface area contributed by atoms with E-state index >= 15 is 0 Å². The quantitative estimate of drug-likeness (QED) is 0.818. The van der Waals surface area contributed by atoms with Crippen LogP contribution in [0.25, 0.3) is 0 Å². The summed E-state index contributed by atoms with van der Waals surface area (Å²) in [6.45, 7) is 4.93. The van der Waals surface area contributed by atoms with Crippen LogP contribution < -0.4 is 5.32 Å². The standard InChI is InChI=1S/C19H25NO/c1-4-15-10-9-13-17(14-15)18(20-3)19(21-5-2)16-11-7-6-8-12-16/h6-14,18-20H,4-5H2,1-3H3. The van der Waals surface area contributed by atoms with Crippen molar-refractivity contribution in [1.29, 1.82) is 0 Å². The number of rotatable bonds is 7. The van der Waals surface area contributed by atoms with Crippen LogP contribution >= 0.6 is 0 Å². The largest absolute Gasteiger partial charge is 0.372 e. The number of nitrogens with one attached hydrogen (secondary N) is 1. The summed E-state index contributed by atoms with van der Waals surface area (Å²) in [5, 5.41) is 3.43. The highest BCUT2D eigenvalue weighted by Gasteiger charge is 2.23. The molecule has 0 bridgehead atoms. The van der Waals surface area contributed by atoms with E-state index in [2.05, 4.69) is 60.8 Å². The van der Waals surface area contributed by atoms with Crippen molar-refractivity contribution in [2.24, 2.45) is 0 Å². The molecule has 0 aliphatic heterocycles.